The van der Waals surface area contributed by atoms with Crippen molar-refractivity contribution in [3.8, 4) is 5.69 Å². The molecule has 5 heteroatoms. The van der Waals surface area contributed by atoms with E-state index in [1.54, 1.807) is 0 Å². The maximum Gasteiger partial charge on any atom is 0.264 e. The number of hydrogen-bond donors (Lipinski definition) is 0. The molecule has 0 spiro atoms. The number of fused-ring (bicyclic) bond motifs is 1. The SMILES string of the molecule is CC(C)CCN(Cc1nc2ccccc2n1-c1ccccc1)C(=O)c1cccs1. The zero-order valence-electron chi connectivity index (χ0n) is 16.8. The summed E-state index contributed by atoms with van der Waals surface area (Å²) in [7, 11) is 0. The summed E-state index contributed by atoms with van der Waals surface area (Å²) in [5.41, 5.74) is 3.06. The minimum atomic E-state index is 0.0762. The van der Waals surface area contributed by atoms with Crippen LogP contribution in [0.5, 0.6) is 0 Å². The van der Waals surface area contributed by atoms with Crippen molar-refractivity contribution in [3.63, 3.8) is 0 Å². The van der Waals surface area contributed by atoms with E-state index in [0.717, 1.165) is 33.8 Å². The Hall–Kier alpha value is -2.92. The number of carbonyl (C=O) groups is 1. The Morgan fingerprint density at radius 2 is 1.79 bits per heavy atom. The molecule has 0 aliphatic heterocycles. The van der Waals surface area contributed by atoms with E-state index >= 15 is 0 Å². The van der Waals surface area contributed by atoms with E-state index in [0.29, 0.717) is 19.0 Å². The number of amides is 1. The first kappa shape index (κ1) is 19.4. The average molecular weight is 404 g/mol. The van der Waals surface area contributed by atoms with Gasteiger partial charge >= 0.3 is 0 Å². The van der Waals surface area contributed by atoms with Crippen molar-refractivity contribution >= 4 is 28.3 Å². The van der Waals surface area contributed by atoms with Crippen LogP contribution in [0.4, 0.5) is 0 Å². The molecule has 0 atom stereocenters. The number of nitrogens with zero attached hydrogens (tertiary/aromatic N) is 3. The van der Waals surface area contributed by atoms with Crippen LogP contribution in [0.2, 0.25) is 0 Å². The molecular weight excluding hydrogens is 378 g/mol. The number of thiophene rings is 1. The van der Waals surface area contributed by atoms with Crippen molar-refractivity contribution in [1.82, 2.24) is 14.5 Å². The van der Waals surface area contributed by atoms with Crippen molar-refractivity contribution in [2.24, 2.45) is 5.92 Å². The second-order valence-corrected chi connectivity index (χ2v) is 8.52. The highest BCUT2D eigenvalue weighted by Gasteiger charge is 2.21. The molecule has 0 saturated heterocycles. The molecule has 0 radical (unpaired) electrons. The zero-order chi connectivity index (χ0) is 20.2. The summed E-state index contributed by atoms with van der Waals surface area (Å²) in [5, 5.41) is 1.95. The fourth-order valence-electron chi connectivity index (χ4n) is 3.44. The highest BCUT2D eigenvalue weighted by Crippen LogP contribution is 2.24. The molecule has 0 aliphatic rings. The normalized spacial score (nSPS) is 11.3. The third-order valence-electron chi connectivity index (χ3n) is 4.97. The molecule has 4 aromatic rings. The molecule has 148 valence electrons. The van der Waals surface area contributed by atoms with Gasteiger partial charge in [-0.1, -0.05) is 50.2 Å². The molecule has 0 N–H and O–H groups in total. The first-order valence-electron chi connectivity index (χ1n) is 9.98. The molecule has 0 bridgehead atoms. The quantitative estimate of drug-likeness (QED) is 0.392. The summed E-state index contributed by atoms with van der Waals surface area (Å²) < 4.78 is 2.17. The second kappa shape index (κ2) is 8.62. The van der Waals surface area contributed by atoms with Gasteiger partial charge < -0.3 is 4.90 Å². The Bertz CT molecular complexity index is 1080. The first-order valence-corrected chi connectivity index (χ1v) is 10.9. The van der Waals surface area contributed by atoms with E-state index < -0.39 is 0 Å². The van der Waals surface area contributed by atoms with Crippen molar-refractivity contribution in [1.29, 1.82) is 0 Å². The van der Waals surface area contributed by atoms with Gasteiger partial charge in [0.2, 0.25) is 0 Å². The molecule has 0 unspecified atom stereocenters. The molecular formula is C24H25N3OS. The van der Waals surface area contributed by atoms with Crippen LogP contribution in [-0.2, 0) is 6.54 Å². The lowest BCUT2D eigenvalue weighted by molar-refractivity contribution is 0.0735. The van der Waals surface area contributed by atoms with Gasteiger partial charge in [0.25, 0.3) is 5.91 Å². The molecule has 2 aromatic heterocycles. The van der Waals surface area contributed by atoms with Gasteiger partial charge in [-0.25, -0.2) is 4.98 Å². The summed E-state index contributed by atoms with van der Waals surface area (Å²) >= 11 is 1.49. The standard InChI is InChI=1S/C24H25N3OS/c1-18(2)14-15-26(24(28)22-13-8-16-29-22)17-23-25-20-11-6-7-12-21(20)27(23)19-9-4-3-5-10-19/h3-13,16,18H,14-15,17H2,1-2H3. The molecule has 4 nitrogen and oxygen atoms in total. The monoisotopic (exact) mass is 403 g/mol. The van der Waals surface area contributed by atoms with Gasteiger partial charge in [0, 0.05) is 12.2 Å². The third kappa shape index (κ3) is 4.25. The Balaban J connectivity index is 1.74. The van der Waals surface area contributed by atoms with Gasteiger partial charge in [0.15, 0.2) is 0 Å². The average Bonchev–Trinajstić information content (AvgIpc) is 3.39. The molecule has 1 amide bonds. The van der Waals surface area contributed by atoms with E-state index in [9.17, 15) is 4.79 Å². The van der Waals surface area contributed by atoms with Crippen LogP contribution >= 0.6 is 11.3 Å². The lowest BCUT2D eigenvalue weighted by atomic mass is 10.1. The Morgan fingerprint density at radius 3 is 2.52 bits per heavy atom. The lowest BCUT2D eigenvalue weighted by Gasteiger charge is -2.23. The Morgan fingerprint density at radius 1 is 1.03 bits per heavy atom. The number of para-hydroxylation sites is 3. The number of benzene rings is 2. The Labute approximate surface area is 175 Å². The predicted octanol–water partition coefficient (Wildman–Crippen LogP) is 5.78. The van der Waals surface area contributed by atoms with Crippen LogP contribution < -0.4 is 0 Å². The highest BCUT2D eigenvalue weighted by atomic mass is 32.1. The number of imidazole rings is 1. The minimum Gasteiger partial charge on any atom is -0.330 e. The number of carbonyl (C=O) groups excluding carboxylic acids is 1. The fourth-order valence-corrected chi connectivity index (χ4v) is 4.13. The summed E-state index contributed by atoms with van der Waals surface area (Å²) in [6, 6.07) is 22.2. The largest absolute Gasteiger partial charge is 0.330 e. The second-order valence-electron chi connectivity index (χ2n) is 7.57. The lowest BCUT2D eigenvalue weighted by Crippen LogP contribution is -2.32. The molecule has 0 aliphatic carbocycles. The predicted molar refractivity (Wildman–Crippen MR) is 120 cm³/mol. The van der Waals surface area contributed by atoms with Crippen molar-refractivity contribution < 1.29 is 4.79 Å². The molecule has 2 heterocycles. The molecule has 0 fully saturated rings. The maximum atomic E-state index is 13.2. The van der Waals surface area contributed by atoms with E-state index in [4.69, 9.17) is 4.98 Å². The van der Waals surface area contributed by atoms with Crippen LogP contribution in [0, 0.1) is 5.92 Å². The van der Waals surface area contributed by atoms with E-state index in [2.05, 4.69) is 36.6 Å². The van der Waals surface area contributed by atoms with Crippen LogP contribution in [0.25, 0.3) is 16.7 Å². The summed E-state index contributed by atoms with van der Waals surface area (Å²) in [6.07, 6.45) is 0.961. The van der Waals surface area contributed by atoms with Crippen LogP contribution in [0.1, 0.15) is 35.8 Å². The molecule has 4 rings (SSSR count). The van der Waals surface area contributed by atoms with Crippen molar-refractivity contribution in [3.05, 3.63) is 82.8 Å². The maximum absolute atomic E-state index is 13.2. The topological polar surface area (TPSA) is 38.1 Å². The summed E-state index contributed by atoms with van der Waals surface area (Å²) in [5.74, 6) is 1.49. The van der Waals surface area contributed by atoms with Gasteiger partial charge in [-0.3, -0.25) is 9.36 Å². The molecule has 0 saturated carbocycles. The number of hydrogen-bond acceptors (Lipinski definition) is 3. The summed E-state index contributed by atoms with van der Waals surface area (Å²) in [4.78, 5) is 20.8. The first-order chi connectivity index (χ1) is 14.1. The van der Waals surface area contributed by atoms with E-state index in [1.165, 1.54) is 11.3 Å². The van der Waals surface area contributed by atoms with Gasteiger partial charge in [-0.15, -0.1) is 11.3 Å². The number of rotatable bonds is 7. The van der Waals surface area contributed by atoms with Crippen LogP contribution in [0.15, 0.2) is 72.1 Å². The highest BCUT2D eigenvalue weighted by molar-refractivity contribution is 7.12. The third-order valence-corrected chi connectivity index (χ3v) is 5.83. The van der Waals surface area contributed by atoms with Gasteiger partial charge in [0.1, 0.15) is 5.82 Å². The van der Waals surface area contributed by atoms with Gasteiger partial charge in [-0.05, 0) is 48.1 Å². The van der Waals surface area contributed by atoms with Crippen LogP contribution in [-0.4, -0.2) is 26.9 Å². The smallest absolute Gasteiger partial charge is 0.264 e. The van der Waals surface area contributed by atoms with Gasteiger partial charge in [-0.2, -0.15) is 0 Å². The zero-order valence-corrected chi connectivity index (χ0v) is 17.6. The van der Waals surface area contributed by atoms with E-state index in [-0.39, 0.29) is 5.91 Å². The minimum absolute atomic E-state index is 0.0762. The number of aromatic nitrogens is 2. The fraction of sp³-hybridized carbons (Fsp3) is 0.250. The van der Waals surface area contributed by atoms with Crippen molar-refractivity contribution in [2.45, 2.75) is 26.8 Å². The van der Waals surface area contributed by atoms with Crippen molar-refractivity contribution in [2.75, 3.05) is 6.54 Å². The van der Waals surface area contributed by atoms with E-state index in [1.807, 2.05) is 58.8 Å². The molecule has 2 aromatic carbocycles. The molecule has 29 heavy (non-hydrogen) atoms. The van der Waals surface area contributed by atoms with Crippen LogP contribution in [0.3, 0.4) is 0 Å². The summed E-state index contributed by atoms with van der Waals surface area (Å²) in [6.45, 7) is 5.57. The van der Waals surface area contributed by atoms with Gasteiger partial charge in [0.05, 0.1) is 22.5 Å². The Kier molecular flexibility index (Phi) is 5.76.